The predicted molar refractivity (Wildman–Crippen MR) is 102 cm³/mol. The molecule has 0 saturated heterocycles. The Morgan fingerprint density at radius 1 is 1.20 bits per heavy atom. The molecule has 30 heavy (non-hydrogen) atoms. The van der Waals surface area contributed by atoms with Crippen molar-refractivity contribution in [3.63, 3.8) is 0 Å². The highest BCUT2D eigenvalue weighted by Gasteiger charge is 2.45. The molecule has 0 radical (unpaired) electrons. The van der Waals surface area contributed by atoms with Gasteiger partial charge in [-0.25, -0.2) is 13.6 Å². The van der Waals surface area contributed by atoms with Crippen molar-refractivity contribution < 1.29 is 23.4 Å². The number of halogens is 2. The van der Waals surface area contributed by atoms with Crippen molar-refractivity contribution in [3.8, 4) is 11.3 Å². The summed E-state index contributed by atoms with van der Waals surface area (Å²) in [5, 5.41) is 10.7. The summed E-state index contributed by atoms with van der Waals surface area (Å²) >= 11 is 0. The number of fused-ring (bicyclic) bond motifs is 5. The highest BCUT2D eigenvalue weighted by molar-refractivity contribution is 5.88. The van der Waals surface area contributed by atoms with Crippen LogP contribution < -0.4 is 11.0 Å². The first kappa shape index (κ1) is 18.7. The fourth-order valence-electron chi connectivity index (χ4n) is 4.51. The number of nitrogens with zero attached hydrogens (tertiary/aromatic N) is 2. The van der Waals surface area contributed by atoms with Crippen molar-refractivity contribution in [3.05, 3.63) is 67.2 Å². The monoisotopic (exact) mass is 414 g/mol. The Kier molecular flexibility index (Phi) is 3.64. The smallest absolute Gasteiger partial charge is 0.343 e. The van der Waals surface area contributed by atoms with Crippen molar-refractivity contribution in [1.82, 2.24) is 9.13 Å². The lowest BCUT2D eigenvalue weighted by molar-refractivity contribution is -0.172. The normalized spacial score (nSPS) is 19.4. The molecule has 1 aromatic carbocycles. The molecule has 9 heteroatoms. The maximum absolute atomic E-state index is 14.4. The van der Waals surface area contributed by atoms with Gasteiger partial charge >= 0.3 is 5.97 Å². The average Bonchev–Trinajstić information content (AvgIpc) is 3.09. The zero-order chi connectivity index (χ0) is 21.5. The lowest BCUT2D eigenvalue weighted by atomic mass is 9.86. The van der Waals surface area contributed by atoms with Crippen LogP contribution in [0.25, 0.3) is 22.2 Å². The molecule has 2 aliphatic heterocycles. The molecule has 7 nitrogen and oxygen atoms in total. The summed E-state index contributed by atoms with van der Waals surface area (Å²) < 4.78 is 36.0. The third-order valence-electron chi connectivity index (χ3n) is 6.14. The molecule has 0 spiro atoms. The number of esters is 1. The van der Waals surface area contributed by atoms with E-state index in [0.29, 0.717) is 11.8 Å². The van der Waals surface area contributed by atoms with Gasteiger partial charge in [0.25, 0.3) is 5.56 Å². The van der Waals surface area contributed by atoms with E-state index in [1.54, 1.807) is 6.92 Å². The Labute approximate surface area is 167 Å². The van der Waals surface area contributed by atoms with Gasteiger partial charge in [0.1, 0.15) is 12.4 Å². The van der Waals surface area contributed by atoms with E-state index in [9.17, 15) is 28.3 Å². The van der Waals surface area contributed by atoms with Gasteiger partial charge in [-0.15, -0.1) is 0 Å². The number of rotatable bonds is 1. The minimum atomic E-state index is -2.01. The summed E-state index contributed by atoms with van der Waals surface area (Å²) in [5.74, 6) is -2.63. The van der Waals surface area contributed by atoms with Gasteiger partial charge in [0.15, 0.2) is 16.8 Å². The summed E-state index contributed by atoms with van der Waals surface area (Å²) in [6.07, 6.45) is -0.0270. The molecule has 4 heterocycles. The van der Waals surface area contributed by atoms with Crippen molar-refractivity contribution in [2.45, 2.75) is 32.1 Å². The molecule has 0 aliphatic carbocycles. The van der Waals surface area contributed by atoms with Gasteiger partial charge in [-0.1, -0.05) is 6.92 Å². The van der Waals surface area contributed by atoms with Crippen molar-refractivity contribution in [2.75, 3.05) is 0 Å². The summed E-state index contributed by atoms with van der Waals surface area (Å²) in [6, 6.07) is 3.10. The lowest BCUT2D eigenvalue weighted by Gasteiger charge is -2.31. The molecule has 0 amide bonds. The Bertz CT molecular complexity index is 1420. The van der Waals surface area contributed by atoms with Crippen molar-refractivity contribution in [1.29, 1.82) is 0 Å². The van der Waals surface area contributed by atoms with E-state index in [4.69, 9.17) is 4.74 Å². The molecule has 2 aliphatic rings. The van der Waals surface area contributed by atoms with Crippen LogP contribution >= 0.6 is 0 Å². The van der Waals surface area contributed by atoms with E-state index in [1.165, 1.54) is 22.2 Å². The second kappa shape index (κ2) is 5.85. The Morgan fingerprint density at radius 2 is 1.93 bits per heavy atom. The number of aryl methyl sites for hydroxylation is 1. The number of aromatic nitrogens is 2. The number of cyclic esters (lactones) is 1. The number of hydrogen-bond donors (Lipinski definition) is 1. The lowest BCUT2D eigenvalue weighted by Crippen LogP contribution is -2.44. The van der Waals surface area contributed by atoms with E-state index in [1.807, 2.05) is 0 Å². The number of hydrogen-bond acceptors (Lipinski definition) is 5. The Hall–Kier alpha value is -3.33. The molecule has 5 rings (SSSR count). The number of benzene rings is 1. The van der Waals surface area contributed by atoms with Crippen LogP contribution in [0.1, 0.15) is 30.2 Å². The minimum Gasteiger partial charge on any atom is -0.458 e. The van der Waals surface area contributed by atoms with Crippen LogP contribution in [-0.2, 0) is 35.3 Å². The Morgan fingerprint density at radius 3 is 2.63 bits per heavy atom. The Balaban J connectivity index is 1.91. The molecule has 2 aromatic heterocycles. The van der Waals surface area contributed by atoms with E-state index in [0.717, 1.165) is 6.07 Å². The van der Waals surface area contributed by atoms with E-state index >= 15 is 0 Å². The van der Waals surface area contributed by atoms with Gasteiger partial charge in [-0.05, 0) is 18.6 Å². The van der Waals surface area contributed by atoms with E-state index < -0.39 is 34.2 Å². The third-order valence-corrected chi connectivity index (χ3v) is 6.14. The minimum absolute atomic E-state index is 0.00617. The fourth-order valence-corrected chi connectivity index (χ4v) is 4.51. The van der Waals surface area contributed by atoms with Gasteiger partial charge in [0, 0.05) is 18.7 Å². The van der Waals surface area contributed by atoms with Gasteiger partial charge in [-0.2, -0.15) is 0 Å². The first-order valence-corrected chi connectivity index (χ1v) is 9.36. The topological polar surface area (TPSA) is 90.5 Å². The maximum atomic E-state index is 14.4. The first-order chi connectivity index (χ1) is 14.2. The third kappa shape index (κ3) is 2.12. The summed E-state index contributed by atoms with van der Waals surface area (Å²) in [7, 11) is 1.54. The largest absolute Gasteiger partial charge is 0.458 e. The van der Waals surface area contributed by atoms with Crippen molar-refractivity contribution in [2.24, 2.45) is 7.05 Å². The number of pyridine rings is 2. The summed E-state index contributed by atoms with van der Waals surface area (Å²) in [4.78, 5) is 38.5. The van der Waals surface area contributed by atoms with Gasteiger partial charge < -0.3 is 19.0 Å². The molecular weight excluding hydrogens is 398 g/mol. The second-order valence-corrected chi connectivity index (χ2v) is 7.60. The van der Waals surface area contributed by atoms with Crippen LogP contribution in [0.5, 0.6) is 0 Å². The van der Waals surface area contributed by atoms with Crippen LogP contribution in [0.15, 0.2) is 27.8 Å². The zero-order valence-corrected chi connectivity index (χ0v) is 16.1. The fraction of sp³-hybridized carbons (Fsp3) is 0.286. The molecule has 0 saturated carbocycles. The van der Waals surface area contributed by atoms with E-state index in [-0.39, 0.29) is 52.9 Å². The quantitative estimate of drug-likeness (QED) is 0.479. The number of carbonyl (C=O) groups excluding carboxylic acids is 1. The predicted octanol–water partition coefficient (Wildman–Crippen LogP) is 1.66. The van der Waals surface area contributed by atoms with Gasteiger partial charge in [-0.3, -0.25) is 9.59 Å². The maximum Gasteiger partial charge on any atom is 0.343 e. The average molecular weight is 414 g/mol. The van der Waals surface area contributed by atoms with Crippen LogP contribution in [0, 0.1) is 11.6 Å². The van der Waals surface area contributed by atoms with Crippen molar-refractivity contribution >= 4 is 16.9 Å². The number of ether oxygens (including phenoxy) is 1. The van der Waals surface area contributed by atoms with Crippen LogP contribution in [0.3, 0.4) is 0 Å². The SMILES string of the molecule is CC[C@@]1(O)C(=O)OCc2c1cc1n(c2=O)Cc2c-1c(=O)c1cc(F)cc(F)c1n2C. The van der Waals surface area contributed by atoms with Gasteiger partial charge in [0.2, 0.25) is 0 Å². The first-order valence-electron chi connectivity index (χ1n) is 9.36. The summed E-state index contributed by atoms with van der Waals surface area (Å²) in [5.41, 5.74) is -2.28. The molecule has 1 N–H and O–H groups in total. The standard InChI is InChI=1S/C21H16F2N2O5/c1-3-21(29)12-6-14-16-15(7-25(14)19(27)11(12)8-30-20(21)28)24(2)17-10(18(16)26)4-9(22)5-13(17)23/h4-6,29H,3,7-8H2,1-2H3/t21-/m0/s1. The molecule has 154 valence electrons. The van der Waals surface area contributed by atoms with Crippen LogP contribution in [-0.4, -0.2) is 20.2 Å². The molecule has 3 aromatic rings. The number of aliphatic hydroxyl groups is 1. The highest BCUT2D eigenvalue weighted by Crippen LogP contribution is 2.38. The molecule has 0 unspecified atom stereocenters. The highest BCUT2D eigenvalue weighted by atomic mass is 19.1. The molecule has 0 bridgehead atoms. The molecule has 1 atom stereocenters. The van der Waals surface area contributed by atoms with Crippen LogP contribution in [0.2, 0.25) is 0 Å². The van der Waals surface area contributed by atoms with Crippen LogP contribution in [0.4, 0.5) is 8.78 Å². The van der Waals surface area contributed by atoms with Gasteiger partial charge in [0.05, 0.1) is 40.0 Å². The summed E-state index contributed by atoms with van der Waals surface area (Å²) in [6.45, 7) is 1.28. The second-order valence-electron chi connectivity index (χ2n) is 7.60. The molecule has 0 fully saturated rings. The zero-order valence-electron chi connectivity index (χ0n) is 16.1. The van der Waals surface area contributed by atoms with E-state index in [2.05, 4.69) is 0 Å². The number of carbonyl (C=O) groups is 1. The molecular formula is C21H16F2N2O5.